The van der Waals surface area contributed by atoms with E-state index in [1.165, 1.54) is 42.5 Å². The van der Waals surface area contributed by atoms with Crippen molar-refractivity contribution in [1.29, 1.82) is 0 Å². The van der Waals surface area contributed by atoms with Crippen LogP contribution in [0.1, 0.15) is 26.3 Å². The van der Waals surface area contributed by atoms with Gasteiger partial charge in [-0.05, 0) is 29.8 Å². The van der Waals surface area contributed by atoms with Crippen LogP contribution in [0.15, 0.2) is 83.8 Å². The summed E-state index contributed by atoms with van der Waals surface area (Å²) in [5, 5.41) is 13.6. The summed E-state index contributed by atoms with van der Waals surface area (Å²) >= 11 is 0. The Morgan fingerprint density at radius 1 is 0.862 bits per heavy atom. The molecule has 148 valence electrons. The summed E-state index contributed by atoms with van der Waals surface area (Å²) in [4.78, 5) is 23.6. The molecule has 0 atom stereocenters. The van der Waals surface area contributed by atoms with Gasteiger partial charge >= 0.3 is 0 Å². The van der Waals surface area contributed by atoms with E-state index in [0.717, 1.165) is 5.56 Å². The molecule has 0 fully saturated rings. The van der Waals surface area contributed by atoms with Crippen molar-refractivity contribution >= 4 is 27.6 Å². The van der Waals surface area contributed by atoms with Gasteiger partial charge in [-0.15, -0.1) is 0 Å². The van der Waals surface area contributed by atoms with Gasteiger partial charge in [0.25, 0.3) is 5.91 Å². The van der Waals surface area contributed by atoms with Crippen molar-refractivity contribution in [2.75, 3.05) is 5.32 Å². The van der Waals surface area contributed by atoms with Crippen molar-refractivity contribution in [1.82, 2.24) is 4.72 Å². The summed E-state index contributed by atoms with van der Waals surface area (Å²) in [7, 11) is -3.84. The first-order valence-electron chi connectivity index (χ1n) is 8.62. The largest absolute Gasteiger partial charge is 0.545 e. The average Bonchev–Trinajstić information content (AvgIpc) is 2.73. The van der Waals surface area contributed by atoms with Gasteiger partial charge in [0.15, 0.2) is 0 Å². The molecule has 2 N–H and O–H groups in total. The molecule has 3 aromatic carbocycles. The van der Waals surface area contributed by atoms with Crippen molar-refractivity contribution in [2.24, 2.45) is 0 Å². The molecule has 8 heteroatoms. The normalized spacial score (nSPS) is 11.0. The van der Waals surface area contributed by atoms with Crippen LogP contribution in [0.5, 0.6) is 0 Å². The maximum atomic E-state index is 12.6. The minimum atomic E-state index is -3.84. The quantitative estimate of drug-likeness (QED) is 0.617. The maximum Gasteiger partial charge on any atom is 0.255 e. The number of rotatable bonds is 7. The Morgan fingerprint density at radius 2 is 1.55 bits per heavy atom. The topological polar surface area (TPSA) is 115 Å². The second-order valence-corrected chi connectivity index (χ2v) is 7.89. The third-order valence-electron chi connectivity index (χ3n) is 4.11. The van der Waals surface area contributed by atoms with Crippen molar-refractivity contribution < 1.29 is 23.1 Å². The molecular weight excluding hydrogens is 392 g/mol. The molecule has 0 aliphatic carbocycles. The molecule has 0 heterocycles. The van der Waals surface area contributed by atoms with Crippen molar-refractivity contribution in [3.63, 3.8) is 0 Å². The number of para-hydroxylation sites is 1. The zero-order valence-corrected chi connectivity index (χ0v) is 16.0. The predicted octanol–water partition coefficient (Wildman–Crippen LogP) is 1.78. The number of benzene rings is 3. The number of sulfonamides is 1. The van der Waals surface area contributed by atoms with Crippen LogP contribution in [0.25, 0.3) is 0 Å². The molecule has 0 unspecified atom stereocenters. The van der Waals surface area contributed by atoms with E-state index in [0.29, 0.717) is 0 Å². The van der Waals surface area contributed by atoms with E-state index in [9.17, 15) is 23.1 Å². The summed E-state index contributed by atoms with van der Waals surface area (Å²) < 4.78 is 27.6. The van der Waals surface area contributed by atoms with Gasteiger partial charge in [-0.2, -0.15) is 0 Å². The molecule has 0 radical (unpaired) electrons. The molecule has 0 bridgehead atoms. The van der Waals surface area contributed by atoms with Crippen molar-refractivity contribution in [2.45, 2.75) is 11.4 Å². The SMILES string of the molecule is O=C(Nc1ccccc1C(=O)[O-])c1cccc(S(=O)(=O)NCc2ccccc2)c1. The second kappa shape index (κ2) is 8.68. The van der Waals surface area contributed by atoms with Gasteiger partial charge in [-0.25, -0.2) is 13.1 Å². The lowest BCUT2D eigenvalue weighted by molar-refractivity contribution is -0.254. The molecule has 3 rings (SSSR count). The Bertz CT molecular complexity index is 1140. The van der Waals surface area contributed by atoms with Crippen LogP contribution >= 0.6 is 0 Å². The fourth-order valence-electron chi connectivity index (χ4n) is 2.63. The third kappa shape index (κ3) is 5.07. The molecule has 3 aromatic rings. The smallest absolute Gasteiger partial charge is 0.255 e. The van der Waals surface area contributed by atoms with Crippen molar-refractivity contribution in [3.8, 4) is 0 Å². The number of anilines is 1. The summed E-state index contributed by atoms with van der Waals surface area (Å²) in [5.74, 6) is -2.07. The number of carbonyl (C=O) groups is 2. The summed E-state index contributed by atoms with van der Waals surface area (Å²) in [6.45, 7) is 0.110. The van der Waals surface area contributed by atoms with E-state index in [-0.39, 0.29) is 28.3 Å². The Kier molecular flexibility index (Phi) is 6.06. The highest BCUT2D eigenvalue weighted by Crippen LogP contribution is 2.17. The van der Waals surface area contributed by atoms with Crippen molar-refractivity contribution in [3.05, 3.63) is 95.6 Å². The third-order valence-corrected chi connectivity index (χ3v) is 5.51. The van der Waals surface area contributed by atoms with E-state index >= 15 is 0 Å². The number of hydrogen-bond donors (Lipinski definition) is 2. The number of carbonyl (C=O) groups excluding carboxylic acids is 2. The van der Waals surface area contributed by atoms with E-state index < -0.39 is 21.9 Å². The zero-order valence-electron chi connectivity index (χ0n) is 15.2. The van der Waals surface area contributed by atoms with Crippen LogP contribution in [-0.4, -0.2) is 20.3 Å². The number of hydrogen-bond acceptors (Lipinski definition) is 5. The number of aromatic carboxylic acids is 1. The second-order valence-electron chi connectivity index (χ2n) is 6.13. The lowest BCUT2D eigenvalue weighted by Gasteiger charge is -2.12. The molecule has 7 nitrogen and oxygen atoms in total. The molecule has 29 heavy (non-hydrogen) atoms. The number of nitrogens with one attached hydrogen (secondary N) is 2. The summed E-state index contributed by atoms with van der Waals surface area (Å²) in [6.07, 6.45) is 0. The highest BCUT2D eigenvalue weighted by atomic mass is 32.2. The molecule has 1 amide bonds. The lowest BCUT2D eigenvalue weighted by atomic mass is 10.1. The Balaban J connectivity index is 1.78. The fourth-order valence-corrected chi connectivity index (χ4v) is 3.69. The number of amides is 1. The van der Waals surface area contributed by atoms with Crippen LogP contribution in [0, 0.1) is 0 Å². The van der Waals surface area contributed by atoms with Crippen LogP contribution in [-0.2, 0) is 16.6 Å². The van der Waals surface area contributed by atoms with Crippen LogP contribution in [0.3, 0.4) is 0 Å². The molecule has 0 spiro atoms. The fraction of sp³-hybridized carbons (Fsp3) is 0.0476. The standard InChI is InChI=1S/C21H18N2O5S/c24-20(23-19-12-5-4-11-18(19)21(25)26)16-9-6-10-17(13-16)29(27,28)22-14-15-7-2-1-3-8-15/h1-13,22H,14H2,(H,23,24)(H,25,26)/p-1. The van der Waals surface area contributed by atoms with Gasteiger partial charge in [-0.1, -0.05) is 54.6 Å². The van der Waals surface area contributed by atoms with Gasteiger partial charge in [0, 0.05) is 17.7 Å². The monoisotopic (exact) mass is 409 g/mol. The van der Waals surface area contributed by atoms with Gasteiger partial charge in [0.2, 0.25) is 10.0 Å². The molecule has 0 saturated carbocycles. The first-order chi connectivity index (χ1) is 13.9. The molecule has 0 aliphatic heterocycles. The van der Waals surface area contributed by atoms with E-state index in [1.54, 1.807) is 30.3 Å². The first kappa shape index (κ1) is 20.2. The Morgan fingerprint density at radius 3 is 2.28 bits per heavy atom. The average molecular weight is 409 g/mol. The van der Waals surface area contributed by atoms with Gasteiger partial charge in [0.05, 0.1) is 16.6 Å². The molecule has 0 aromatic heterocycles. The van der Waals surface area contributed by atoms with E-state index in [1.807, 2.05) is 6.07 Å². The summed E-state index contributed by atoms with van der Waals surface area (Å²) in [5.41, 5.74) is 0.756. The van der Waals surface area contributed by atoms with Gasteiger partial charge < -0.3 is 15.2 Å². The minimum absolute atomic E-state index is 0.0629. The highest BCUT2D eigenvalue weighted by molar-refractivity contribution is 7.89. The summed E-state index contributed by atoms with van der Waals surface area (Å²) in [6, 6.07) is 20.3. The lowest BCUT2D eigenvalue weighted by Crippen LogP contribution is -2.25. The number of carboxylic acid groups (broad SMARTS) is 1. The van der Waals surface area contributed by atoms with Crippen LogP contribution in [0.2, 0.25) is 0 Å². The Labute approximate surface area is 168 Å². The van der Waals surface area contributed by atoms with Gasteiger partial charge in [0.1, 0.15) is 0 Å². The van der Waals surface area contributed by atoms with Crippen LogP contribution < -0.4 is 15.1 Å². The van der Waals surface area contributed by atoms with E-state index in [4.69, 9.17) is 0 Å². The van der Waals surface area contributed by atoms with E-state index in [2.05, 4.69) is 10.0 Å². The van der Waals surface area contributed by atoms with Crippen LogP contribution in [0.4, 0.5) is 5.69 Å². The number of carboxylic acids is 1. The first-order valence-corrected chi connectivity index (χ1v) is 10.1. The molecular formula is C21H17N2O5S-. The van der Waals surface area contributed by atoms with Gasteiger partial charge in [-0.3, -0.25) is 4.79 Å². The molecule has 0 aliphatic rings. The highest BCUT2D eigenvalue weighted by Gasteiger charge is 2.17. The molecule has 0 saturated heterocycles. The predicted molar refractivity (Wildman–Crippen MR) is 106 cm³/mol. The zero-order chi connectivity index (χ0) is 20.9. The Hall–Kier alpha value is -3.49. The minimum Gasteiger partial charge on any atom is -0.545 e. The maximum absolute atomic E-state index is 12.6.